The Bertz CT molecular complexity index is 546. The highest BCUT2D eigenvalue weighted by atomic mass is 127. The molecule has 0 radical (unpaired) electrons. The number of carbonyl (C=O) groups is 1. The van der Waals surface area contributed by atoms with Gasteiger partial charge in [-0.25, -0.2) is 13.6 Å². The molecule has 1 fully saturated rings. The number of likely N-dealkylation sites (tertiary alicyclic amines) is 1. The summed E-state index contributed by atoms with van der Waals surface area (Å²) in [5.74, 6) is 0.682. The van der Waals surface area contributed by atoms with Gasteiger partial charge in [0.1, 0.15) is 5.60 Å². The number of ether oxygens (including phenoxy) is 1. The number of rotatable bonds is 9. The van der Waals surface area contributed by atoms with Crippen molar-refractivity contribution in [3.63, 3.8) is 0 Å². The van der Waals surface area contributed by atoms with Crippen LogP contribution >= 0.6 is 24.0 Å². The Kier molecular flexibility index (Phi) is 13.9. The second-order valence-electron chi connectivity index (χ2n) is 8.92. The van der Waals surface area contributed by atoms with Gasteiger partial charge in [0, 0.05) is 25.7 Å². The Morgan fingerprint density at radius 2 is 1.74 bits per heavy atom. The molecule has 0 unspecified atom stereocenters. The first-order chi connectivity index (χ1) is 14.0. The fourth-order valence-corrected chi connectivity index (χ4v) is 3.41. The minimum absolute atomic E-state index is 0. The first-order valence-corrected chi connectivity index (χ1v) is 11.1. The van der Waals surface area contributed by atoms with Crippen molar-refractivity contribution < 1.29 is 18.3 Å². The maximum atomic E-state index is 12.6. The van der Waals surface area contributed by atoms with E-state index in [1.807, 2.05) is 41.5 Å². The summed E-state index contributed by atoms with van der Waals surface area (Å²) in [5.41, 5.74) is -1.05. The molecule has 31 heavy (non-hydrogen) atoms. The molecule has 1 saturated heterocycles. The summed E-state index contributed by atoms with van der Waals surface area (Å²) in [7, 11) is 0. The van der Waals surface area contributed by atoms with Crippen LogP contribution in [0.15, 0.2) is 4.99 Å². The summed E-state index contributed by atoms with van der Waals surface area (Å²) in [5, 5.41) is 9.68. The number of aliphatic imine (C=N–C) groups is 1. The molecule has 10 heteroatoms. The smallest absolute Gasteiger partial charge is 0.408 e. The van der Waals surface area contributed by atoms with Gasteiger partial charge in [-0.05, 0) is 53.4 Å². The number of alkyl carbamates (subject to hydrolysis) is 1. The number of alkyl halides is 2. The molecule has 184 valence electrons. The highest BCUT2D eigenvalue weighted by molar-refractivity contribution is 14.0. The zero-order valence-electron chi connectivity index (χ0n) is 19.9. The number of halogens is 3. The third kappa shape index (κ3) is 12.1. The molecule has 0 spiro atoms. The minimum atomic E-state index is -2.29. The normalized spacial score (nSPS) is 16.6. The Balaban J connectivity index is 0.00000900. The molecule has 1 rings (SSSR count). The van der Waals surface area contributed by atoms with E-state index in [1.165, 1.54) is 0 Å². The van der Waals surface area contributed by atoms with Gasteiger partial charge in [0.25, 0.3) is 6.43 Å². The van der Waals surface area contributed by atoms with Gasteiger partial charge in [0.05, 0.1) is 18.6 Å². The van der Waals surface area contributed by atoms with Gasteiger partial charge in [-0.15, -0.1) is 24.0 Å². The highest BCUT2D eigenvalue weighted by Crippen LogP contribution is 2.18. The largest absolute Gasteiger partial charge is 0.444 e. The van der Waals surface area contributed by atoms with Gasteiger partial charge in [-0.3, -0.25) is 9.89 Å². The number of hydrogen-bond acceptors (Lipinski definition) is 4. The van der Waals surface area contributed by atoms with Crippen LogP contribution in [-0.4, -0.2) is 73.3 Å². The lowest BCUT2D eigenvalue weighted by Crippen LogP contribution is -2.53. The molecule has 0 saturated carbocycles. The number of nitrogens with one attached hydrogen (secondary N) is 3. The molecule has 1 aliphatic heterocycles. The summed E-state index contributed by atoms with van der Waals surface area (Å²) in [6.07, 6.45) is 0.294. The molecular weight excluding hydrogens is 519 g/mol. The monoisotopic (exact) mass is 561 g/mol. The molecular formula is C21H42F2IN5O2. The molecule has 3 N–H and O–H groups in total. The van der Waals surface area contributed by atoms with E-state index in [2.05, 4.69) is 16.0 Å². The molecule has 0 aromatic heterocycles. The van der Waals surface area contributed by atoms with Crippen LogP contribution < -0.4 is 16.0 Å². The number of amides is 1. The maximum Gasteiger partial charge on any atom is 0.408 e. The Hall–Kier alpha value is -0.910. The van der Waals surface area contributed by atoms with Crippen LogP contribution in [0.1, 0.15) is 67.2 Å². The Morgan fingerprint density at radius 3 is 2.19 bits per heavy atom. The van der Waals surface area contributed by atoms with Crippen LogP contribution in [0.3, 0.4) is 0 Å². The summed E-state index contributed by atoms with van der Waals surface area (Å²) in [4.78, 5) is 18.8. The highest BCUT2D eigenvalue weighted by Gasteiger charge is 2.31. The van der Waals surface area contributed by atoms with Gasteiger partial charge in [0.2, 0.25) is 0 Å². The molecule has 0 atom stereocenters. The van der Waals surface area contributed by atoms with E-state index in [9.17, 15) is 13.6 Å². The number of piperidine rings is 1. The fraction of sp³-hybridized carbons (Fsp3) is 0.905. The first-order valence-electron chi connectivity index (χ1n) is 11.1. The summed E-state index contributed by atoms with van der Waals surface area (Å²) in [6, 6.07) is 0.188. The van der Waals surface area contributed by atoms with Crippen molar-refractivity contribution in [2.75, 3.05) is 32.7 Å². The predicted octanol–water partition coefficient (Wildman–Crippen LogP) is 3.97. The SMILES string of the molecule is CCNC(=NCC(CC)(CC)NC(=O)OC(C)(C)C)NC1CCN(CC(F)F)CC1.I. The lowest BCUT2D eigenvalue weighted by Gasteiger charge is -2.34. The summed E-state index contributed by atoms with van der Waals surface area (Å²) in [6.45, 7) is 13.8. The van der Waals surface area contributed by atoms with Crippen molar-refractivity contribution in [2.24, 2.45) is 4.99 Å². The third-order valence-corrected chi connectivity index (χ3v) is 5.33. The standard InChI is InChI=1S/C21H41F2N5O2.HI/c1-7-21(8-2,27-19(29)30-20(4,5)6)15-25-18(24-9-3)26-16-10-12-28(13-11-16)14-17(22)23;/h16-17H,7-15H2,1-6H3,(H,27,29)(H2,24,25,26);1H. The average Bonchev–Trinajstić information content (AvgIpc) is 2.65. The zero-order valence-corrected chi connectivity index (χ0v) is 22.2. The van der Waals surface area contributed by atoms with Crippen LogP contribution in [0, 0.1) is 0 Å². The molecule has 1 amide bonds. The number of nitrogens with zero attached hydrogens (tertiary/aromatic N) is 2. The van der Waals surface area contributed by atoms with Gasteiger partial charge in [-0.1, -0.05) is 13.8 Å². The van der Waals surface area contributed by atoms with Crippen LogP contribution in [-0.2, 0) is 4.74 Å². The molecule has 0 aromatic carbocycles. The van der Waals surface area contributed by atoms with E-state index < -0.39 is 23.7 Å². The van der Waals surface area contributed by atoms with Crippen molar-refractivity contribution >= 4 is 36.0 Å². The van der Waals surface area contributed by atoms with Gasteiger partial charge >= 0.3 is 6.09 Å². The van der Waals surface area contributed by atoms with Crippen molar-refractivity contribution in [3.8, 4) is 0 Å². The molecule has 1 heterocycles. The quantitative estimate of drug-likeness (QED) is 0.226. The van der Waals surface area contributed by atoms with Crippen molar-refractivity contribution in [2.45, 2.75) is 90.8 Å². The van der Waals surface area contributed by atoms with E-state index >= 15 is 0 Å². The van der Waals surface area contributed by atoms with Crippen molar-refractivity contribution in [1.82, 2.24) is 20.9 Å². The van der Waals surface area contributed by atoms with E-state index in [-0.39, 0.29) is 36.6 Å². The van der Waals surface area contributed by atoms with Crippen LogP contribution in [0.5, 0.6) is 0 Å². The number of carbonyl (C=O) groups excluding carboxylic acids is 1. The van der Waals surface area contributed by atoms with E-state index in [0.29, 0.717) is 32.1 Å². The summed E-state index contributed by atoms with van der Waals surface area (Å²) < 4.78 is 30.5. The maximum absolute atomic E-state index is 12.6. The molecule has 7 nitrogen and oxygen atoms in total. The fourth-order valence-electron chi connectivity index (χ4n) is 3.41. The average molecular weight is 562 g/mol. The van der Waals surface area contributed by atoms with Gasteiger partial charge in [-0.2, -0.15) is 0 Å². The lowest BCUT2D eigenvalue weighted by atomic mass is 9.93. The van der Waals surface area contributed by atoms with E-state index in [0.717, 1.165) is 25.7 Å². The third-order valence-electron chi connectivity index (χ3n) is 5.33. The van der Waals surface area contributed by atoms with Crippen molar-refractivity contribution in [3.05, 3.63) is 0 Å². The Labute approximate surface area is 203 Å². The number of guanidine groups is 1. The first kappa shape index (κ1) is 30.1. The zero-order chi connectivity index (χ0) is 22.8. The van der Waals surface area contributed by atoms with Crippen molar-refractivity contribution in [1.29, 1.82) is 0 Å². The molecule has 0 aromatic rings. The topological polar surface area (TPSA) is 78.0 Å². The predicted molar refractivity (Wildman–Crippen MR) is 133 cm³/mol. The lowest BCUT2D eigenvalue weighted by molar-refractivity contribution is 0.0451. The second kappa shape index (κ2) is 14.3. The number of hydrogen-bond donors (Lipinski definition) is 3. The van der Waals surface area contributed by atoms with Gasteiger partial charge < -0.3 is 20.7 Å². The summed E-state index contributed by atoms with van der Waals surface area (Å²) >= 11 is 0. The molecule has 1 aliphatic rings. The second-order valence-corrected chi connectivity index (χ2v) is 8.92. The van der Waals surface area contributed by atoms with Crippen LogP contribution in [0.2, 0.25) is 0 Å². The van der Waals surface area contributed by atoms with Crippen LogP contribution in [0.4, 0.5) is 13.6 Å². The Morgan fingerprint density at radius 1 is 1.16 bits per heavy atom. The van der Waals surface area contributed by atoms with Gasteiger partial charge in [0.15, 0.2) is 5.96 Å². The minimum Gasteiger partial charge on any atom is -0.444 e. The molecule has 0 aliphatic carbocycles. The molecule has 0 bridgehead atoms. The van der Waals surface area contributed by atoms with E-state index in [1.54, 1.807) is 4.90 Å². The van der Waals surface area contributed by atoms with E-state index in [4.69, 9.17) is 9.73 Å². The van der Waals surface area contributed by atoms with Crippen LogP contribution in [0.25, 0.3) is 0 Å².